The molecule has 1 unspecified atom stereocenters. The maximum Gasteiger partial charge on any atom is 0.251 e. The fraction of sp³-hybridized carbons (Fsp3) is 0.440. The molecule has 1 aliphatic rings. The predicted octanol–water partition coefficient (Wildman–Crippen LogP) is 5.41. The van der Waals surface area contributed by atoms with Gasteiger partial charge in [-0.15, -0.1) is 0 Å². The number of aromatic amines is 1. The first-order valence-electron chi connectivity index (χ1n) is 11.5. The van der Waals surface area contributed by atoms with E-state index in [1.165, 1.54) is 17.0 Å². The number of aromatic nitrogens is 1. The van der Waals surface area contributed by atoms with Crippen LogP contribution in [0, 0.1) is 11.6 Å². The van der Waals surface area contributed by atoms with Crippen molar-refractivity contribution < 1.29 is 22.0 Å². The Morgan fingerprint density at radius 1 is 1.09 bits per heavy atom. The maximum absolute atomic E-state index is 15.4. The van der Waals surface area contributed by atoms with E-state index in [9.17, 15) is 13.2 Å². The first kappa shape index (κ1) is 24.5. The third-order valence-electron chi connectivity index (χ3n) is 6.34. The van der Waals surface area contributed by atoms with Crippen molar-refractivity contribution in [2.24, 2.45) is 0 Å². The molecule has 4 nitrogen and oxygen atoms in total. The molecule has 34 heavy (non-hydrogen) atoms. The summed E-state index contributed by atoms with van der Waals surface area (Å²) >= 11 is 0. The van der Waals surface area contributed by atoms with Gasteiger partial charge in [0.25, 0.3) is 6.43 Å². The van der Waals surface area contributed by atoms with Gasteiger partial charge in [-0.1, -0.05) is 18.2 Å². The van der Waals surface area contributed by atoms with Gasteiger partial charge in [-0.25, -0.2) is 17.6 Å². The molecule has 0 bridgehead atoms. The molecule has 0 spiro atoms. The number of rotatable bonds is 10. The average Bonchev–Trinajstić information content (AvgIpc) is 3.15. The van der Waals surface area contributed by atoms with E-state index in [4.69, 9.17) is 0 Å². The van der Waals surface area contributed by atoms with Gasteiger partial charge in [0.2, 0.25) is 0 Å². The highest BCUT2D eigenvalue weighted by molar-refractivity contribution is 5.85. The average molecular weight is 481 g/mol. The number of halogens is 5. The number of fused-ring (bicyclic) bond motifs is 3. The monoisotopic (exact) mass is 480 g/mol. The van der Waals surface area contributed by atoms with Crippen LogP contribution < -0.4 is 10.6 Å². The van der Waals surface area contributed by atoms with Crippen molar-refractivity contribution in [1.29, 1.82) is 0 Å². The van der Waals surface area contributed by atoms with E-state index in [2.05, 4.69) is 15.6 Å². The highest BCUT2D eigenvalue weighted by Gasteiger charge is 2.39. The Morgan fingerprint density at radius 2 is 1.82 bits per heavy atom. The van der Waals surface area contributed by atoms with Gasteiger partial charge < -0.3 is 15.6 Å². The van der Waals surface area contributed by atoms with Gasteiger partial charge in [0.1, 0.15) is 11.6 Å². The van der Waals surface area contributed by atoms with Gasteiger partial charge in [-0.3, -0.25) is 9.29 Å². The Morgan fingerprint density at radius 3 is 2.53 bits per heavy atom. The van der Waals surface area contributed by atoms with Crippen LogP contribution in [0.5, 0.6) is 0 Å². The number of anilines is 1. The third kappa shape index (κ3) is 5.05. The molecule has 1 aliphatic heterocycles. The molecule has 2 heterocycles. The standard InChI is InChI=1S/C25H29F5N4/c1-15-11-18-17-5-2-3-6-21(17)33-24(18)25(34(15)14-22(29)30)23-19(27)12-16(13-20(23)28)32-10-9-31-8-4-7-26/h2-3,5-6,12-13,15,22,25,31-33H,4,7-11,14H2,1H3/t15-,25?/m1/s1. The highest BCUT2D eigenvalue weighted by atomic mass is 19.3. The SMILES string of the molecule is C[C@@H]1Cc2c([nH]c3ccccc23)C(c2c(F)cc(NCCNCCCF)cc2F)N1CC(F)F. The molecule has 0 saturated heterocycles. The van der Waals surface area contributed by atoms with Crippen LogP contribution in [0.1, 0.15) is 36.2 Å². The highest BCUT2D eigenvalue weighted by Crippen LogP contribution is 2.43. The minimum atomic E-state index is -2.65. The topological polar surface area (TPSA) is 43.1 Å². The van der Waals surface area contributed by atoms with Crippen molar-refractivity contribution in [3.8, 4) is 0 Å². The molecule has 184 valence electrons. The van der Waals surface area contributed by atoms with E-state index >= 15 is 8.78 Å². The summed E-state index contributed by atoms with van der Waals surface area (Å²) < 4.78 is 69.9. The van der Waals surface area contributed by atoms with Crippen molar-refractivity contribution in [3.05, 3.63) is 64.9 Å². The molecule has 0 radical (unpaired) electrons. The largest absolute Gasteiger partial charge is 0.384 e. The van der Waals surface area contributed by atoms with Gasteiger partial charge in [0.05, 0.1) is 19.3 Å². The molecular weight excluding hydrogens is 451 g/mol. The zero-order valence-electron chi connectivity index (χ0n) is 19.0. The van der Waals surface area contributed by atoms with Crippen molar-refractivity contribution in [2.45, 2.75) is 38.3 Å². The summed E-state index contributed by atoms with van der Waals surface area (Å²) in [5, 5.41) is 6.91. The summed E-state index contributed by atoms with van der Waals surface area (Å²) in [5.41, 5.74) is 2.27. The number of hydrogen-bond donors (Lipinski definition) is 3. The number of para-hydroxylation sites is 1. The predicted molar refractivity (Wildman–Crippen MR) is 124 cm³/mol. The summed E-state index contributed by atoms with van der Waals surface area (Å²) in [6.45, 7) is 2.23. The quantitative estimate of drug-likeness (QED) is 0.269. The first-order chi connectivity index (χ1) is 16.4. The summed E-state index contributed by atoms with van der Waals surface area (Å²) in [4.78, 5) is 4.72. The summed E-state index contributed by atoms with van der Waals surface area (Å²) in [6, 6.07) is 8.59. The van der Waals surface area contributed by atoms with Crippen molar-refractivity contribution in [2.75, 3.05) is 38.2 Å². The molecule has 0 saturated carbocycles. The minimum Gasteiger partial charge on any atom is -0.384 e. The smallest absolute Gasteiger partial charge is 0.251 e. The maximum atomic E-state index is 15.4. The molecular formula is C25H29F5N4. The van der Waals surface area contributed by atoms with Crippen molar-refractivity contribution in [3.63, 3.8) is 0 Å². The Kier molecular flexibility index (Phi) is 7.73. The molecule has 3 N–H and O–H groups in total. The summed E-state index contributed by atoms with van der Waals surface area (Å²) in [7, 11) is 0. The number of nitrogens with one attached hydrogen (secondary N) is 3. The van der Waals surface area contributed by atoms with Crippen LogP contribution in [0.25, 0.3) is 10.9 Å². The number of alkyl halides is 3. The van der Waals surface area contributed by atoms with Gasteiger partial charge >= 0.3 is 0 Å². The molecule has 9 heteroatoms. The zero-order chi connectivity index (χ0) is 24.2. The third-order valence-corrected chi connectivity index (χ3v) is 6.34. The van der Waals surface area contributed by atoms with Gasteiger partial charge in [-0.2, -0.15) is 0 Å². The minimum absolute atomic E-state index is 0.244. The van der Waals surface area contributed by atoms with E-state index in [1.54, 1.807) is 0 Å². The van der Waals surface area contributed by atoms with Crippen LogP contribution in [0.3, 0.4) is 0 Å². The Hall–Kier alpha value is -2.65. The molecule has 2 aromatic carbocycles. The lowest BCUT2D eigenvalue weighted by atomic mass is 9.88. The van der Waals surface area contributed by atoms with E-state index in [-0.39, 0.29) is 17.3 Å². The second kappa shape index (κ2) is 10.7. The number of nitrogens with zero attached hydrogens (tertiary/aromatic N) is 1. The molecule has 1 aromatic heterocycles. The van der Waals surface area contributed by atoms with E-state index < -0.39 is 37.3 Å². The normalized spacial score (nSPS) is 18.6. The Labute approximate surface area is 195 Å². The second-order valence-corrected chi connectivity index (χ2v) is 8.68. The van der Waals surface area contributed by atoms with Crippen molar-refractivity contribution in [1.82, 2.24) is 15.2 Å². The zero-order valence-corrected chi connectivity index (χ0v) is 19.0. The number of H-pyrrole nitrogens is 1. The van der Waals surface area contributed by atoms with Crippen LogP contribution in [0.15, 0.2) is 36.4 Å². The fourth-order valence-electron chi connectivity index (χ4n) is 4.82. The van der Waals surface area contributed by atoms with E-state index in [0.29, 0.717) is 38.2 Å². The van der Waals surface area contributed by atoms with Gasteiger partial charge in [0, 0.05) is 47.0 Å². The summed E-state index contributed by atoms with van der Waals surface area (Å²) in [5.74, 6) is -1.59. The number of hydrogen-bond acceptors (Lipinski definition) is 3. The Bertz CT molecular complexity index is 1090. The number of benzene rings is 2. The molecule has 0 aliphatic carbocycles. The van der Waals surface area contributed by atoms with Crippen molar-refractivity contribution >= 4 is 16.6 Å². The van der Waals surface area contributed by atoms with E-state index in [1.807, 2.05) is 31.2 Å². The van der Waals surface area contributed by atoms with Crippen LogP contribution in [-0.4, -0.2) is 55.2 Å². The lowest BCUT2D eigenvalue weighted by molar-refractivity contribution is 0.0438. The lowest BCUT2D eigenvalue weighted by Crippen LogP contribution is -2.45. The van der Waals surface area contributed by atoms with Gasteiger partial charge in [-0.05, 0) is 50.1 Å². The van der Waals surface area contributed by atoms with Gasteiger partial charge in [0.15, 0.2) is 0 Å². The fourth-order valence-corrected chi connectivity index (χ4v) is 4.82. The Balaban J connectivity index is 1.68. The molecule has 0 amide bonds. The molecule has 2 atom stereocenters. The first-order valence-corrected chi connectivity index (χ1v) is 11.5. The molecule has 0 fully saturated rings. The lowest BCUT2D eigenvalue weighted by Gasteiger charge is -2.41. The van der Waals surface area contributed by atoms with Crippen LogP contribution in [0.4, 0.5) is 27.6 Å². The van der Waals surface area contributed by atoms with E-state index in [0.717, 1.165) is 16.5 Å². The molecule has 3 aromatic rings. The summed E-state index contributed by atoms with van der Waals surface area (Å²) in [6.07, 6.45) is -1.74. The van der Waals surface area contributed by atoms with Crippen LogP contribution in [0.2, 0.25) is 0 Å². The molecule has 4 rings (SSSR count). The van der Waals surface area contributed by atoms with Crippen LogP contribution in [-0.2, 0) is 6.42 Å². The second-order valence-electron chi connectivity index (χ2n) is 8.68. The van der Waals surface area contributed by atoms with Crippen LogP contribution >= 0.6 is 0 Å².